The fourth-order valence-electron chi connectivity index (χ4n) is 2.77. The normalized spacial score (nSPS) is 21.0. The molecule has 2 aliphatic rings. The summed E-state index contributed by atoms with van der Waals surface area (Å²) in [6.45, 7) is 1.39. The standard InChI is InChI=1S/C13H17ClN4O2S/c1-20-13(19)18-5-2-3-8(7-18)15-11-10-9(4-6-21-10)16-12(14)17-11/h8H,2-7H2,1H3,(H,15,16,17)/p+1. The lowest BCUT2D eigenvalue weighted by atomic mass is 10.1. The largest absolute Gasteiger partial charge is 0.453 e. The molecule has 1 aromatic heterocycles. The van der Waals surface area contributed by atoms with Crippen molar-refractivity contribution in [2.45, 2.75) is 30.2 Å². The van der Waals surface area contributed by atoms with Gasteiger partial charge in [-0.05, 0) is 24.4 Å². The summed E-state index contributed by atoms with van der Waals surface area (Å²) in [7, 11) is 1.42. The maximum absolute atomic E-state index is 11.6. The Kier molecular flexibility index (Phi) is 4.40. The van der Waals surface area contributed by atoms with Gasteiger partial charge in [0.2, 0.25) is 5.82 Å². The van der Waals surface area contributed by atoms with Crippen LogP contribution in [0.4, 0.5) is 10.6 Å². The van der Waals surface area contributed by atoms with Crippen LogP contribution in [0.25, 0.3) is 0 Å². The molecule has 0 aromatic carbocycles. The van der Waals surface area contributed by atoms with E-state index in [1.165, 1.54) is 7.11 Å². The van der Waals surface area contributed by atoms with Crippen molar-refractivity contribution >= 4 is 35.3 Å². The van der Waals surface area contributed by atoms with Crippen LogP contribution >= 0.6 is 23.4 Å². The number of halogens is 1. The van der Waals surface area contributed by atoms with Crippen molar-refractivity contribution in [1.82, 2.24) is 9.88 Å². The fraction of sp³-hybridized carbons (Fsp3) is 0.615. The van der Waals surface area contributed by atoms with E-state index >= 15 is 0 Å². The van der Waals surface area contributed by atoms with Crippen molar-refractivity contribution in [3.8, 4) is 0 Å². The van der Waals surface area contributed by atoms with Gasteiger partial charge in [0, 0.05) is 18.7 Å². The molecule has 0 aliphatic carbocycles. The number of ether oxygens (including phenoxy) is 1. The van der Waals surface area contributed by atoms with Gasteiger partial charge in [-0.1, -0.05) is 4.98 Å². The van der Waals surface area contributed by atoms with E-state index in [1.54, 1.807) is 16.7 Å². The summed E-state index contributed by atoms with van der Waals surface area (Å²) in [6.07, 6.45) is 2.65. The third kappa shape index (κ3) is 3.18. The second kappa shape index (κ2) is 6.27. The summed E-state index contributed by atoms with van der Waals surface area (Å²) >= 11 is 7.83. The molecule has 0 saturated carbocycles. The van der Waals surface area contributed by atoms with Crippen LogP contribution in [-0.2, 0) is 11.2 Å². The number of anilines is 1. The van der Waals surface area contributed by atoms with Gasteiger partial charge in [0.1, 0.15) is 10.6 Å². The highest BCUT2D eigenvalue weighted by molar-refractivity contribution is 7.99. The number of hydrogen-bond donors (Lipinski definition) is 1. The van der Waals surface area contributed by atoms with E-state index in [0.717, 1.165) is 48.0 Å². The lowest BCUT2D eigenvalue weighted by molar-refractivity contribution is -0.366. The number of nitrogens with zero attached hydrogens (tertiary/aromatic N) is 2. The van der Waals surface area contributed by atoms with Gasteiger partial charge < -0.3 is 15.0 Å². The summed E-state index contributed by atoms with van der Waals surface area (Å²) in [5.41, 5.74) is 1.05. The van der Waals surface area contributed by atoms with Crippen LogP contribution in [0.1, 0.15) is 18.5 Å². The van der Waals surface area contributed by atoms with Gasteiger partial charge in [-0.15, -0.1) is 11.8 Å². The van der Waals surface area contributed by atoms with E-state index in [9.17, 15) is 4.79 Å². The molecular formula is C13H18ClN4O2S+. The Morgan fingerprint density at radius 3 is 3.29 bits per heavy atom. The van der Waals surface area contributed by atoms with Gasteiger partial charge in [-0.2, -0.15) is 0 Å². The second-order valence-electron chi connectivity index (χ2n) is 5.18. The van der Waals surface area contributed by atoms with Crippen molar-refractivity contribution < 1.29 is 14.5 Å². The van der Waals surface area contributed by atoms with Gasteiger partial charge in [0.05, 0.1) is 19.7 Å². The fourth-order valence-corrected chi connectivity index (χ4v) is 4.04. The molecule has 8 heteroatoms. The second-order valence-corrected chi connectivity index (χ2v) is 6.64. The van der Waals surface area contributed by atoms with Gasteiger partial charge in [-0.25, -0.2) is 9.78 Å². The molecule has 1 aromatic rings. The number of fused-ring (bicyclic) bond motifs is 1. The molecule has 3 rings (SSSR count). The zero-order valence-electron chi connectivity index (χ0n) is 11.8. The average Bonchev–Trinajstić information content (AvgIpc) is 2.95. The van der Waals surface area contributed by atoms with Crippen molar-refractivity contribution in [3.05, 3.63) is 11.0 Å². The number of aromatic nitrogens is 2. The van der Waals surface area contributed by atoms with Crippen molar-refractivity contribution in [2.24, 2.45) is 0 Å². The molecule has 114 valence electrons. The smallest absolute Gasteiger partial charge is 0.409 e. The molecular weight excluding hydrogens is 312 g/mol. The van der Waals surface area contributed by atoms with Crippen LogP contribution in [0.3, 0.4) is 0 Å². The van der Waals surface area contributed by atoms with Crippen molar-refractivity contribution in [1.29, 1.82) is 0 Å². The van der Waals surface area contributed by atoms with Crippen LogP contribution in [0, 0.1) is 0 Å². The number of nitrogens with one attached hydrogen (secondary N) is 2. The van der Waals surface area contributed by atoms with Crippen molar-refractivity contribution in [3.63, 3.8) is 0 Å². The minimum absolute atomic E-state index is 0.192. The summed E-state index contributed by atoms with van der Waals surface area (Å²) in [4.78, 5) is 21.9. The van der Waals surface area contributed by atoms with Gasteiger partial charge in [-0.3, -0.25) is 0 Å². The van der Waals surface area contributed by atoms with E-state index in [-0.39, 0.29) is 12.1 Å². The monoisotopic (exact) mass is 329 g/mol. The first-order valence-corrected chi connectivity index (χ1v) is 8.37. The predicted octanol–water partition coefficient (Wildman–Crippen LogP) is 1.84. The van der Waals surface area contributed by atoms with Crippen LogP contribution in [0.15, 0.2) is 4.90 Å². The first-order chi connectivity index (χ1) is 10.2. The third-order valence-electron chi connectivity index (χ3n) is 3.74. The Hall–Kier alpha value is -1.21. The van der Waals surface area contributed by atoms with Crippen LogP contribution < -0.4 is 10.3 Å². The number of thioether (sulfide) groups is 1. The number of H-pyrrole nitrogens is 1. The number of carbonyl (C=O) groups excluding carboxylic acids is 1. The molecule has 1 saturated heterocycles. The minimum Gasteiger partial charge on any atom is -0.453 e. The number of rotatable bonds is 2. The van der Waals surface area contributed by atoms with E-state index < -0.39 is 0 Å². The molecule has 2 aliphatic heterocycles. The molecule has 0 bridgehead atoms. The number of carbonyl (C=O) groups is 1. The van der Waals surface area contributed by atoms with Gasteiger partial charge in [0.15, 0.2) is 0 Å². The lowest BCUT2D eigenvalue weighted by Crippen LogP contribution is -2.45. The number of aromatic amines is 1. The molecule has 2 N–H and O–H groups in total. The van der Waals surface area contributed by atoms with Gasteiger partial charge >= 0.3 is 11.4 Å². The Balaban J connectivity index is 1.73. The topological polar surface area (TPSA) is 68.6 Å². The highest BCUT2D eigenvalue weighted by atomic mass is 35.5. The number of methoxy groups -OCH3 is 1. The maximum atomic E-state index is 11.6. The lowest BCUT2D eigenvalue weighted by Gasteiger charge is -2.30. The third-order valence-corrected chi connectivity index (χ3v) is 5.05. The Morgan fingerprint density at radius 1 is 1.62 bits per heavy atom. The highest BCUT2D eigenvalue weighted by Gasteiger charge is 2.30. The maximum Gasteiger partial charge on any atom is 0.409 e. The zero-order chi connectivity index (χ0) is 14.8. The Morgan fingerprint density at radius 2 is 2.48 bits per heavy atom. The quantitative estimate of drug-likeness (QED) is 0.838. The Bertz CT molecular complexity index is 557. The van der Waals surface area contributed by atoms with Crippen LogP contribution in [-0.4, -0.2) is 48.0 Å². The summed E-state index contributed by atoms with van der Waals surface area (Å²) in [6, 6.07) is 0.192. The Labute approximate surface area is 132 Å². The summed E-state index contributed by atoms with van der Waals surface area (Å²) in [5, 5.41) is 3.88. The average molecular weight is 330 g/mol. The number of piperidine rings is 1. The van der Waals surface area contributed by atoms with Crippen LogP contribution in [0.5, 0.6) is 0 Å². The van der Waals surface area contributed by atoms with Crippen molar-refractivity contribution in [2.75, 3.05) is 31.3 Å². The summed E-state index contributed by atoms with van der Waals surface area (Å²) < 4.78 is 4.80. The number of likely N-dealkylation sites (tertiary alicyclic amines) is 1. The molecule has 1 fully saturated rings. The molecule has 1 unspecified atom stereocenters. The molecule has 21 heavy (non-hydrogen) atoms. The minimum atomic E-state index is -0.266. The molecule has 1 atom stereocenters. The molecule has 1 amide bonds. The first kappa shape index (κ1) is 14.7. The zero-order valence-corrected chi connectivity index (χ0v) is 13.4. The summed E-state index contributed by atoms with van der Waals surface area (Å²) in [5.74, 6) is 1.95. The van der Waals surface area contributed by atoms with E-state index in [2.05, 4.69) is 15.3 Å². The predicted molar refractivity (Wildman–Crippen MR) is 80.9 cm³/mol. The number of hydrogen-bond acceptors (Lipinski definition) is 5. The van der Waals surface area contributed by atoms with E-state index in [1.807, 2.05) is 0 Å². The number of aryl methyl sites for hydroxylation is 1. The highest BCUT2D eigenvalue weighted by Crippen LogP contribution is 2.35. The molecule has 3 heterocycles. The SMILES string of the molecule is COC(=O)N1CCCC(Nc2[nH+]c(Cl)nc3c2SCC3)C1. The van der Waals surface area contributed by atoms with Gasteiger partial charge in [0.25, 0.3) is 0 Å². The van der Waals surface area contributed by atoms with E-state index in [4.69, 9.17) is 16.3 Å². The molecule has 0 spiro atoms. The van der Waals surface area contributed by atoms with Crippen LogP contribution in [0.2, 0.25) is 5.28 Å². The molecule has 0 radical (unpaired) electrons. The van der Waals surface area contributed by atoms with E-state index in [0.29, 0.717) is 11.8 Å². The number of amides is 1. The first-order valence-electron chi connectivity index (χ1n) is 7.01. The molecule has 6 nitrogen and oxygen atoms in total.